The number of ether oxygens (including phenoxy) is 4. The highest BCUT2D eigenvalue weighted by atomic mass is 31.2. The molecule has 0 amide bonds. The van der Waals surface area contributed by atoms with Crippen molar-refractivity contribution in [3.8, 4) is 0 Å². The molecule has 19 heteroatoms. The Labute approximate surface area is 643 Å². The number of unbranched alkanes of at least 4 members (excludes halogenated alkanes) is 53. The highest BCUT2D eigenvalue weighted by molar-refractivity contribution is 7.47. The second-order valence-corrected chi connectivity index (χ2v) is 33.6. The van der Waals surface area contributed by atoms with Gasteiger partial charge in [-0.3, -0.25) is 37.3 Å². The van der Waals surface area contributed by atoms with Crippen LogP contribution >= 0.6 is 15.6 Å². The number of esters is 4. The summed E-state index contributed by atoms with van der Waals surface area (Å²) in [5.41, 5.74) is 0. The molecule has 620 valence electrons. The van der Waals surface area contributed by atoms with Crippen molar-refractivity contribution in [3.05, 3.63) is 24.3 Å². The molecule has 5 atom stereocenters. The van der Waals surface area contributed by atoms with Gasteiger partial charge in [0.25, 0.3) is 0 Å². The van der Waals surface area contributed by atoms with Crippen LogP contribution in [0.25, 0.3) is 0 Å². The van der Waals surface area contributed by atoms with Crippen LogP contribution in [0.3, 0.4) is 0 Å². The lowest BCUT2D eigenvalue weighted by Crippen LogP contribution is -2.30. The molecule has 0 aliphatic carbocycles. The molecule has 0 spiro atoms. The van der Waals surface area contributed by atoms with Gasteiger partial charge in [-0.25, -0.2) is 9.13 Å². The van der Waals surface area contributed by atoms with E-state index in [9.17, 15) is 43.2 Å². The summed E-state index contributed by atoms with van der Waals surface area (Å²) in [4.78, 5) is 73.2. The number of hydrogen-bond donors (Lipinski definition) is 3. The van der Waals surface area contributed by atoms with Crippen LogP contribution in [0, 0.1) is 5.92 Å². The predicted octanol–water partition coefficient (Wildman–Crippen LogP) is 25.9. The maximum atomic E-state index is 13.1. The van der Waals surface area contributed by atoms with E-state index >= 15 is 0 Å². The van der Waals surface area contributed by atoms with Crippen LogP contribution in [-0.4, -0.2) is 96.7 Å². The van der Waals surface area contributed by atoms with E-state index < -0.39 is 97.5 Å². The van der Waals surface area contributed by atoms with E-state index in [1.165, 1.54) is 250 Å². The van der Waals surface area contributed by atoms with Crippen molar-refractivity contribution < 1.29 is 80.2 Å². The molecule has 0 aromatic rings. The Balaban J connectivity index is 5.27. The van der Waals surface area contributed by atoms with Gasteiger partial charge in [-0.15, -0.1) is 0 Å². The lowest BCUT2D eigenvalue weighted by molar-refractivity contribution is -0.161. The summed E-state index contributed by atoms with van der Waals surface area (Å²) in [6.45, 7) is 7.27. The van der Waals surface area contributed by atoms with Gasteiger partial charge in [0.15, 0.2) is 12.2 Å². The topological polar surface area (TPSA) is 237 Å². The highest BCUT2D eigenvalue weighted by Crippen LogP contribution is 2.45. The zero-order valence-electron chi connectivity index (χ0n) is 68.4. The lowest BCUT2D eigenvalue weighted by Gasteiger charge is -2.21. The molecule has 3 N–H and O–H groups in total. The minimum atomic E-state index is -4.97. The Kier molecular flexibility index (Phi) is 76.4. The third-order valence-corrected chi connectivity index (χ3v) is 21.6. The number of rotatable bonds is 84. The number of carbonyl (C=O) groups is 4. The first-order valence-electron chi connectivity index (χ1n) is 44.0. The van der Waals surface area contributed by atoms with Crippen LogP contribution in [0.15, 0.2) is 24.3 Å². The van der Waals surface area contributed by atoms with Crippen LogP contribution < -0.4 is 0 Å². The summed E-state index contributed by atoms with van der Waals surface area (Å²) in [5, 5.41) is 10.7. The Hall–Kier alpha value is -2.46. The number of aliphatic hydroxyl groups is 1. The second-order valence-electron chi connectivity index (χ2n) is 30.7. The smallest absolute Gasteiger partial charge is 0.462 e. The zero-order valence-corrected chi connectivity index (χ0v) is 70.1. The van der Waals surface area contributed by atoms with Gasteiger partial charge in [-0.2, -0.15) is 0 Å². The predicted molar refractivity (Wildman–Crippen MR) is 432 cm³/mol. The Morgan fingerprint density at radius 3 is 0.781 bits per heavy atom. The molecule has 0 saturated heterocycles. The van der Waals surface area contributed by atoms with Gasteiger partial charge in [0, 0.05) is 25.7 Å². The molecule has 0 saturated carbocycles. The second kappa shape index (κ2) is 78.2. The summed E-state index contributed by atoms with van der Waals surface area (Å²) in [6.07, 6.45) is 74.4. The lowest BCUT2D eigenvalue weighted by atomic mass is 10.0. The van der Waals surface area contributed by atoms with Crippen molar-refractivity contribution >= 4 is 39.5 Å². The first-order valence-corrected chi connectivity index (χ1v) is 46.9. The standard InChI is InChI=1S/C86H164O17P2/c1-6-9-12-15-18-21-24-27-30-32-33-34-35-37-40-43-46-51-57-62-67-72-86(91)102-81(75-96-83(88)69-64-59-54-49-44-41-39-36-31-28-25-22-19-16-13-10-7-2)77-100-104(92,93)98-73-80(87)74-99-105(94,95)101-78-82(76-97-84(89)70-65-60-55-52-47-48-53-58-63-68-79(4)5)103-85(90)71-66-61-56-50-45-42-38-29-26-23-20-17-14-11-8-3/h23,26,29,38,79-82,87H,6-22,24-25,27-28,30-37,39-78H2,1-5H3,(H,92,93)(H,94,95)/b26-23-,38-29-/t80-,81-,82-/m1/s1. The van der Waals surface area contributed by atoms with Gasteiger partial charge >= 0.3 is 39.5 Å². The average Bonchev–Trinajstić information content (AvgIpc) is 0.915. The maximum absolute atomic E-state index is 13.1. The first-order chi connectivity index (χ1) is 51.0. The Morgan fingerprint density at radius 2 is 0.514 bits per heavy atom. The quantitative estimate of drug-likeness (QED) is 0.0169. The summed E-state index contributed by atoms with van der Waals surface area (Å²) in [7, 11) is -9.94. The number of hydrogen-bond acceptors (Lipinski definition) is 15. The summed E-state index contributed by atoms with van der Waals surface area (Å²) in [6, 6.07) is 0. The normalized spacial score (nSPS) is 13.9. The molecule has 0 aliphatic heterocycles. The van der Waals surface area contributed by atoms with E-state index in [1.807, 2.05) is 0 Å². The minimum Gasteiger partial charge on any atom is -0.462 e. The third-order valence-electron chi connectivity index (χ3n) is 19.7. The van der Waals surface area contributed by atoms with Gasteiger partial charge in [0.1, 0.15) is 19.3 Å². The van der Waals surface area contributed by atoms with Crippen molar-refractivity contribution in [2.45, 2.75) is 457 Å². The average molecular weight is 1530 g/mol. The van der Waals surface area contributed by atoms with Crippen LogP contribution in [0.1, 0.15) is 439 Å². The number of carbonyl (C=O) groups excluding carboxylic acids is 4. The molecule has 2 unspecified atom stereocenters. The molecule has 17 nitrogen and oxygen atoms in total. The van der Waals surface area contributed by atoms with Crippen molar-refractivity contribution in [2.75, 3.05) is 39.6 Å². The van der Waals surface area contributed by atoms with Crippen LogP contribution in [0.4, 0.5) is 0 Å². The fraction of sp³-hybridized carbons (Fsp3) is 0.907. The maximum Gasteiger partial charge on any atom is 0.472 e. The van der Waals surface area contributed by atoms with E-state index in [-0.39, 0.29) is 25.7 Å². The van der Waals surface area contributed by atoms with Crippen molar-refractivity contribution in [1.29, 1.82) is 0 Å². The van der Waals surface area contributed by atoms with E-state index in [4.69, 9.17) is 37.0 Å². The van der Waals surface area contributed by atoms with E-state index in [1.54, 1.807) is 0 Å². The number of phosphoric ester groups is 2. The van der Waals surface area contributed by atoms with Gasteiger partial charge < -0.3 is 33.8 Å². The zero-order chi connectivity index (χ0) is 76.9. The third kappa shape index (κ3) is 79.4. The fourth-order valence-electron chi connectivity index (χ4n) is 12.9. The molecule has 0 aromatic carbocycles. The Bertz CT molecular complexity index is 2090. The van der Waals surface area contributed by atoms with Crippen LogP contribution in [-0.2, 0) is 65.4 Å². The molecule has 0 fully saturated rings. The molecule has 0 bridgehead atoms. The molecule has 0 aromatic heterocycles. The van der Waals surface area contributed by atoms with Crippen molar-refractivity contribution in [2.24, 2.45) is 5.92 Å². The van der Waals surface area contributed by atoms with Crippen molar-refractivity contribution in [1.82, 2.24) is 0 Å². The molecule has 105 heavy (non-hydrogen) atoms. The van der Waals surface area contributed by atoms with Crippen LogP contribution in [0.5, 0.6) is 0 Å². The molecule has 0 aliphatic rings. The van der Waals surface area contributed by atoms with E-state index in [0.29, 0.717) is 25.7 Å². The van der Waals surface area contributed by atoms with E-state index in [0.717, 1.165) is 109 Å². The number of phosphoric acid groups is 2. The monoisotopic (exact) mass is 1530 g/mol. The SMILES string of the molecule is CCCCCC/C=C\C=C/CCCCCCCC(=O)O[C@H](COC(=O)CCCCCCCCCCCC(C)C)COP(=O)(O)OC[C@H](O)COP(=O)(O)OC[C@@H](COC(=O)CCCCCCCCCCCCCCCCCCC)OC(=O)CCCCCCCCCCCCCCCCCCCCCCC. The molecule has 0 radical (unpaired) electrons. The molecular weight excluding hydrogens is 1370 g/mol. The number of allylic oxidation sites excluding steroid dienone is 4. The van der Waals surface area contributed by atoms with Crippen LogP contribution in [0.2, 0.25) is 0 Å². The highest BCUT2D eigenvalue weighted by Gasteiger charge is 2.30. The summed E-state index contributed by atoms with van der Waals surface area (Å²) >= 11 is 0. The Morgan fingerprint density at radius 1 is 0.295 bits per heavy atom. The van der Waals surface area contributed by atoms with Gasteiger partial charge in [-0.05, 0) is 57.3 Å². The molecule has 0 rings (SSSR count). The minimum absolute atomic E-state index is 0.0852. The van der Waals surface area contributed by atoms with Gasteiger partial charge in [0.05, 0.1) is 26.4 Å². The number of aliphatic hydroxyl groups excluding tert-OH is 1. The van der Waals surface area contributed by atoms with Gasteiger partial charge in [0.2, 0.25) is 0 Å². The first kappa shape index (κ1) is 103. The fourth-order valence-corrected chi connectivity index (χ4v) is 14.5. The van der Waals surface area contributed by atoms with Gasteiger partial charge in [-0.1, -0.05) is 386 Å². The van der Waals surface area contributed by atoms with E-state index in [2.05, 4.69) is 58.9 Å². The summed E-state index contributed by atoms with van der Waals surface area (Å²) < 4.78 is 68.9. The largest absolute Gasteiger partial charge is 0.472 e. The summed E-state index contributed by atoms with van der Waals surface area (Å²) in [5.74, 6) is -1.39. The molecular formula is C86H164O17P2. The van der Waals surface area contributed by atoms with Crippen molar-refractivity contribution in [3.63, 3.8) is 0 Å². The molecule has 0 heterocycles.